The molecule has 3 nitrogen and oxygen atoms in total. The Morgan fingerprint density at radius 3 is 1.93 bits per heavy atom. The molecular formula is C7H6F3NO2S. The van der Waals surface area contributed by atoms with Gasteiger partial charge < -0.3 is 0 Å². The van der Waals surface area contributed by atoms with E-state index in [1.54, 1.807) is 4.72 Å². The van der Waals surface area contributed by atoms with Crippen LogP contribution in [0.1, 0.15) is 0 Å². The van der Waals surface area contributed by atoms with E-state index in [1.807, 2.05) is 0 Å². The van der Waals surface area contributed by atoms with Gasteiger partial charge >= 0.3 is 0 Å². The van der Waals surface area contributed by atoms with E-state index in [1.165, 1.54) is 0 Å². The molecule has 1 aromatic carbocycles. The van der Waals surface area contributed by atoms with Gasteiger partial charge in [0, 0.05) is 12.1 Å². The molecule has 0 saturated carbocycles. The van der Waals surface area contributed by atoms with E-state index >= 15 is 0 Å². The molecule has 7 heteroatoms. The molecule has 78 valence electrons. The third-order valence-electron chi connectivity index (χ3n) is 1.50. The number of sulfonamides is 1. The van der Waals surface area contributed by atoms with Crippen molar-refractivity contribution in [1.29, 1.82) is 0 Å². The Kier molecular flexibility index (Phi) is 2.81. The molecule has 0 unspecified atom stereocenters. The summed E-state index contributed by atoms with van der Waals surface area (Å²) in [5.74, 6) is -4.09. The summed E-state index contributed by atoms with van der Waals surface area (Å²) in [4.78, 5) is -1.18. The maximum absolute atomic E-state index is 12.9. The van der Waals surface area contributed by atoms with Crippen LogP contribution in [0.2, 0.25) is 0 Å². The quantitative estimate of drug-likeness (QED) is 0.816. The zero-order valence-electron chi connectivity index (χ0n) is 7.01. The van der Waals surface area contributed by atoms with Crippen molar-refractivity contribution < 1.29 is 21.6 Å². The maximum atomic E-state index is 12.9. The molecule has 0 aliphatic heterocycles. The summed E-state index contributed by atoms with van der Waals surface area (Å²) in [5.41, 5.74) is 0. The Labute approximate surface area is 78.6 Å². The number of rotatable bonds is 2. The first-order valence-corrected chi connectivity index (χ1v) is 4.95. The summed E-state index contributed by atoms with van der Waals surface area (Å²) in [7, 11) is -3.25. The lowest BCUT2D eigenvalue weighted by molar-refractivity contribution is 0.495. The van der Waals surface area contributed by atoms with Crippen molar-refractivity contribution in [2.24, 2.45) is 0 Å². The normalized spacial score (nSPS) is 11.7. The fourth-order valence-electron chi connectivity index (χ4n) is 0.888. The van der Waals surface area contributed by atoms with Crippen LogP contribution in [-0.4, -0.2) is 15.5 Å². The largest absolute Gasteiger partial charge is 0.246 e. The predicted octanol–water partition coefficient (Wildman–Crippen LogP) is 1.01. The van der Waals surface area contributed by atoms with E-state index in [9.17, 15) is 21.6 Å². The van der Waals surface area contributed by atoms with Crippen LogP contribution in [0.5, 0.6) is 0 Å². The molecule has 0 bridgehead atoms. The van der Waals surface area contributed by atoms with Crippen molar-refractivity contribution in [3.63, 3.8) is 0 Å². The Hall–Kier alpha value is -1.08. The van der Waals surface area contributed by atoms with E-state index in [4.69, 9.17) is 0 Å². The lowest BCUT2D eigenvalue weighted by Crippen LogP contribution is -2.21. The van der Waals surface area contributed by atoms with Crippen LogP contribution in [0.4, 0.5) is 13.2 Å². The van der Waals surface area contributed by atoms with Crippen LogP contribution in [0.25, 0.3) is 0 Å². The number of hydrogen-bond donors (Lipinski definition) is 1. The van der Waals surface area contributed by atoms with Crippen LogP contribution in [-0.2, 0) is 10.0 Å². The monoisotopic (exact) mass is 225 g/mol. The first-order valence-electron chi connectivity index (χ1n) is 3.46. The van der Waals surface area contributed by atoms with Gasteiger partial charge in [0.15, 0.2) is 4.90 Å². The Morgan fingerprint density at radius 2 is 1.57 bits per heavy atom. The first-order chi connectivity index (χ1) is 6.38. The van der Waals surface area contributed by atoms with Gasteiger partial charge in [-0.1, -0.05) is 0 Å². The Morgan fingerprint density at radius 1 is 1.14 bits per heavy atom. The van der Waals surface area contributed by atoms with Gasteiger partial charge in [0.05, 0.1) is 0 Å². The second-order valence-corrected chi connectivity index (χ2v) is 4.23. The highest BCUT2D eigenvalue weighted by atomic mass is 32.2. The molecule has 0 aliphatic rings. The minimum Gasteiger partial charge on any atom is -0.214 e. The highest BCUT2D eigenvalue weighted by Crippen LogP contribution is 2.19. The molecule has 0 atom stereocenters. The standard InChI is InChI=1S/C7H6F3NO2S/c1-11-14(12,13)7-5(9)2-4(8)3-6(7)10/h2-3,11H,1H3. The van der Waals surface area contributed by atoms with Gasteiger partial charge in [-0.2, -0.15) is 0 Å². The molecule has 1 aromatic rings. The fraction of sp³-hybridized carbons (Fsp3) is 0.143. The number of hydrogen-bond acceptors (Lipinski definition) is 2. The summed E-state index contributed by atoms with van der Waals surface area (Å²) in [5, 5.41) is 0. The van der Waals surface area contributed by atoms with Crippen molar-refractivity contribution in [2.45, 2.75) is 4.90 Å². The smallest absolute Gasteiger partial charge is 0.214 e. The number of halogens is 3. The SMILES string of the molecule is CNS(=O)(=O)c1c(F)cc(F)cc1F. The maximum Gasteiger partial charge on any atom is 0.246 e. The number of nitrogens with one attached hydrogen (secondary N) is 1. The van der Waals surface area contributed by atoms with Crippen molar-refractivity contribution in [3.8, 4) is 0 Å². The van der Waals surface area contributed by atoms with Crippen molar-refractivity contribution in [3.05, 3.63) is 29.6 Å². The summed E-state index contributed by atoms with van der Waals surface area (Å²) < 4.78 is 62.0. The molecule has 0 fully saturated rings. The molecule has 1 rings (SSSR count). The van der Waals surface area contributed by atoms with Gasteiger partial charge in [-0.3, -0.25) is 0 Å². The lowest BCUT2D eigenvalue weighted by Gasteiger charge is -2.04. The lowest BCUT2D eigenvalue weighted by atomic mass is 10.3. The third kappa shape index (κ3) is 1.88. The highest BCUT2D eigenvalue weighted by Gasteiger charge is 2.23. The molecule has 0 radical (unpaired) electrons. The summed E-state index contributed by atoms with van der Waals surface area (Å²) in [6, 6.07) is 0.598. The van der Waals surface area contributed by atoms with Gasteiger partial charge in [0.25, 0.3) is 0 Å². The summed E-state index contributed by atoms with van der Waals surface area (Å²) in [6.45, 7) is 0. The van der Waals surface area contributed by atoms with Crippen molar-refractivity contribution in [2.75, 3.05) is 7.05 Å². The van der Waals surface area contributed by atoms with Crippen LogP contribution in [0.3, 0.4) is 0 Å². The second-order valence-electron chi connectivity index (χ2n) is 2.41. The molecular weight excluding hydrogens is 219 g/mol. The minimum atomic E-state index is -4.24. The van der Waals surface area contributed by atoms with Crippen LogP contribution >= 0.6 is 0 Å². The van der Waals surface area contributed by atoms with E-state index in [0.29, 0.717) is 12.1 Å². The number of benzene rings is 1. The molecule has 0 spiro atoms. The predicted molar refractivity (Wildman–Crippen MR) is 42.6 cm³/mol. The second kappa shape index (κ2) is 3.58. The van der Waals surface area contributed by atoms with Gasteiger partial charge in [0.1, 0.15) is 17.5 Å². The van der Waals surface area contributed by atoms with Crippen LogP contribution < -0.4 is 4.72 Å². The average Bonchev–Trinajstić information content (AvgIpc) is 2.01. The zero-order valence-corrected chi connectivity index (χ0v) is 7.83. The topological polar surface area (TPSA) is 46.2 Å². The molecule has 0 aromatic heterocycles. The third-order valence-corrected chi connectivity index (χ3v) is 2.97. The van der Waals surface area contributed by atoms with Gasteiger partial charge in [-0.15, -0.1) is 0 Å². The Balaban J connectivity index is 3.51. The van der Waals surface area contributed by atoms with Crippen LogP contribution in [0.15, 0.2) is 17.0 Å². The molecule has 14 heavy (non-hydrogen) atoms. The highest BCUT2D eigenvalue weighted by molar-refractivity contribution is 7.89. The molecule has 0 amide bonds. The van der Waals surface area contributed by atoms with E-state index < -0.39 is 32.4 Å². The van der Waals surface area contributed by atoms with E-state index in [-0.39, 0.29) is 0 Å². The fourth-order valence-corrected chi connectivity index (χ4v) is 1.72. The zero-order chi connectivity index (χ0) is 10.9. The van der Waals surface area contributed by atoms with Gasteiger partial charge in [-0.05, 0) is 7.05 Å². The molecule has 0 aliphatic carbocycles. The van der Waals surface area contributed by atoms with Gasteiger partial charge in [-0.25, -0.2) is 26.3 Å². The molecule has 0 saturated heterocycles. The van der Waals surface area contributed by atoms with Crippen molar-refractivity contribution in [1.82, 2.24) is 4.72 Å². The first kappa shape index (κ1) is 11.0. The van der Waals surface area contributed by atoms with Crippen LogP contribution in [0, 0.1) is 17.5 Å². The van der Waals surface area contributed by atoms with Crippen molar-refractivity contribution >= 4 is 10.0 Å². The minimum absolute atomic E-state index is 0.299. The Bertz CT molecular complexity index is 435. The molecule has 1 N–H and O–H groups in total. The van der Waals surface area contributed by atoms with E-state index in [2.05, 4.69) is 0 Å². The van der Waals surface area contributed by atoms with Gasteiger partial charge in [0.2, 0.25) is 10.0 Å². The summed E-state index contributed by atoms with van der Waals surface area (Å²) in [6.07, 6.45) is 0. The molecule has 0 heterocycles. The van der Waals surface area contributed by atoms with E-state index in [0.717, 1.165) is 7.05 Å². The summed E-state index contributed by atoms with van der Waals surface area (Å²) >= 11 is 0. The average molecular weight is 225 g/mol.